The van der Waals surface area contributed by atoms with Crippen molar-refractivity contribution in [3.8, 4) is 0 Å². The number of anilines is 1. The van der Waals surface area contributed by atoms with Crippen LogP contribution in [-0.4, -0.2) is 41.1 Å². The lowest BCUT2D eigenvalue weighted by Crippen LogP contribution is -2.28. The lowest BCUT2D eigenvalue weighted by molar-refractivity contribution is 0.201. The van der Waals surface area contributed by atoms with E-state index in [0.29, 0.717) is 6.61 Å². The van der Waals surface area contributed by atoms with Crippen LogP contribution in [0.2, 0.25) is 0 Å². The Morgan fingerprint density at radius 3 is 3.00 bits per heavy atom. The molecule has 0 radical (unpaired) electrons. The number of aromatic amines is 1. The fourth-order valence-electron chi connectivity index (χ4n) is 3.43. The highest BCUT2D eigenvalue weighted by Gasteiger charge is 2.20. The minimum atomic E-state index is 0.667. The number of methoxy groups -OCH3 is 1. The Hall–Kier alpha value is -2.18. The third-order valence-corrected chi connectivity index (χ3v) is 5.50. The van der Waals surface area contributed by atoms with Crippen LogP contribution in [-0.2, 0) is 11.2 Å². The maximum atomic E-state index is 5.10. The Labute approximate surface area is 151 Å². The second kappa shape index (κ2) is 6.98. The molecule has 0 fully saturated rings. The molecule has 0 atom stereocenters. The number of ether oxygens (including phenoxy) is 1. The number of benzene rings is 1. The smallest absolute Gasteiger partial charge is 0.205 e. The summed E-state index contributed by atoms with van der Waals surface area (Å²) in [5, 5.41) is 2.33. The fourth-order valence-corrected chi connectivity index (χ4v) is 4.18. The molecule has 0 spiro atoms. The molecule has 3 heterocycles. The minimum Gasteiger partial charge on any atom is -0.384 e. The van der Waals surface area contributed by atoms with Crippen molar-refractivity contribution in [1.82, 2.24) is 14.3 Å². The van der Waals surface area contributed by atoms with Crippen LogP contribution in [0.25, 0.3) is 16.5 Å². The number of hydrogen-bond donors (Lipinski definition) is 1. The molecule has 1 aliphatic heterocycles. The molecule has 25 heavy (non-hydrogen) atoms. The molecular formula is C19H22N4OS. The zero-order chi connectivity index (χ0) is 17.2. The summed E-state index contributed by atoms with van der Waals surface area (Å²) < 4.78 is 9.54. The molecule has 3 aromatic rings. The summed E-state index contributed by atoms with van der Waals surface area (Å²) in [5.74, 6) is 0.879. The number of H-pyrrole nitrogens is 1. The van der Waals surface area contributed by atoms with Crippen LogP contribution < -0.4 is 4.90 Å². The highest BCUT2D eigenvalue weighted by molar-refractivity contribution is 7.09. The van der Waals surface area contributed by atoms with Crippen LogP contribution in [0, 0.1) is 6.92 Å². The number of nitrogens with zero attached hydrogens (tertiary/aromatic N) is 3. The van der Waals surface area contributed by atoms with Gasteiger partial charge < -0.3 is 14.6 Å². The predicted molar refractivity (Wildman–Crippen MR) is 103 cm³/mol. The third-order valence-electron chi connectivity index (χ3n) is 4.68. The van der Waals surface area contributed by atoms with Gasteiger partial charge in [0.15, 0.2) is 0 Å². The van der Waals surface area contributed by atoms with Gasteiger partial charge in [-0.1, -0.05) is 24.3 Å². The molecule has 4 rings (SSSR count). The van der Waals surface area contributed by atoms with E-state index < -0.39 is 0 Å². The van der Waals surface area contributed by atoms with E-state index >= 15 is 0 Å². The van der Waals surface area contributed by atoms with E-state index in [-0.39, 0.29) is 0 Å². The average molecular weight is 354 g/mol. The minimum absolute atomic E-state index is 0.667. The van der Waals surface area contributed by atoms with Crippen LogP contribution in [0.15, 0.2) is 30.3 Å². The third kappa shape index (κ3) is 3.19. The van der Waals surface area contributed by atoms with Crippen LogP contribution in [0.5, 0.6) is 0 Å². The van der Waals surface area contributed by atoms with Crippen molar-refractivity contribution in [2.24, 2.45) is 0 Å². The van der Waals surface area contributed by atoms with Crippen molar-refractivity contribution in [2.75, 3.05) is 31.7 Å². The molecule has 130 valence electrons. The molecule has 2 aromatic heterocycles. The van der Waals surface area contributed by atoms with Crippen LogP contribution in [0.1, 0.15) is 23.5 Å². The van der Waals surface area contributed by atoms with Crippen molar-refractivity contribution in [3.05, 3.63) is 47.4 Å². The first kappa shape index (κ1) is 16.3. The highest BCUT2D eigenvalue weighted by atomic mass is 32.1. The standard InChI is InChI=1S/C19H22N4OS/c1-13-18(15-5-3-4-6-16(15)20-13)14-7-10-23(11-8-14)19-21-17(22-25-19)9-12-24-2/h3-7,20H,8-12H2,1-2H3. The Bertz CT molecular complexity index is 911. The van der Waals surface area contributed by atoms with Gasteiger partial charge in [-0.05, 0) is 25.0 Å². The monoisotopic (exact) mass is 354 g/mol. The van der Waals surface area contributed by atoms with Gasteiger partial charge in [0.2, 0.25) is 5.13 Å². The highest BCUT2D eigenvalue weighted by Crippen LogP contribution is 2.33. The first-order chi connectivity index (χ1) is 12.3. The predicted octanol–water partition coefficient (Wildman–Crippen LogP) is 3.81. The van der Waals surface area contributed by atoms with Crippen molar-refractivity contribution in [2.45, 2.75) is 19.8 Å². The summed E-state index contributed by atoms with van der Waals surface area (Å²) in [6.07, 6.45) is 4.13. The van der Waals surface area contributed by atoms with Gasteiger partial charge in [-0.25, -0.2) is 4.98 Å². The molecule has 0 unspecified atom stereocenters. The molecule has 0 aliphatic carbocycles. The van der Waals surface area contributed by atoms with E-state index in [2.05, 4.69) is 56.5 Å². The summed E-state index contributed by atoms with van der Waals surface area (Å²) in [5.41, 5.74) is 5.26. The number of nitrogens with one attached hydrogen (secondary N) is 1. The second-order valence-electron chi connectivity index (χ2n) is 6.33. The van der Waals surface area contributed by atoms with Crippen LogP contribution >= 0.6 is 11.5 Å². The topological polar surface area (TPSA) is 54.0 Å². The van der Waals surface area contributed by atoms with Gasteiger partial charge in [0.25, 0.3) is 0 Å². The van der Waals surface area contributed by atoms with E-state index in [1.807, 2.05) is 0 Å². The maximum Gasteiger partial charge on any atom is 0.205 e. The number of para-hydroxylation sites is 1. The number of fused-ring (bicyclic) bond motifs is 1. The first-order valence-electron chi connectivity index (χ1n) is 8.59. The van der Waals surface area contributed by atoms with Crippen molar-refractivity contribution in [3.63, 3.8) is 0 Å². The lowest BCUT2D eigenvalue weighted by Gasteiger charge is -2.25. The Morgan fingerprint density at radius 1 is 1.32 bits per heavy atom. The van der Waals surface area contributed by atoms with E-state index in [9.17, 15) is 0 Å². The summed E-state index contributed by atoms with van der Waals surface area (Å²) in [7, 11) is 1.71. The largest absolute Gasteiger partial charge is 0.384 e. The van der Waals surface area contributed by atoms with Crippen LogP contribution in [0.3, 0.4) is 0 Å². The van der Waals surface area contributed by atoms with Crippen molar-refractivity contribution in [1.29, 1.82) is 0 Å². The Balaban J connectivity index is 1.54. The molecule has 1 N–H and O–H groups in total. The lowest BCUT2D eigenvalue weighted by atomic mass is 9.97. The Kier molecular flexibility index (Phi) is 4.55. The molecule has 0 saturated heterocycles. The average Bonchev–Trinajstić information content (AvgIpc) is 3.23. The molecule has 5 nitrogen and oxygen atoms in total. The van der Waals surface area contributed by atoms with Crippen molar-refractivity contribution >= 4 is 33.1 Å². The first-order valence-corrected chi connectivity index (χ1v) is 9.37. The molecule has 1 aromatic carbocycles. The number of aromatic nitrogens is 3. The molecule has 0 saturated carbocycles. The van der Waals surface area contributed by atoms with Gasteiger partial charge in [-0.2, -0.15) is 4.37 Å². The normalized spacial score (nSPS) is 15.0. The van der Waals surface area contributed by atoms with Gasteiger partial charge in [0.05, 0.1) is 6.61 Å². The molecule has 6 heteroatoms. The van der Waals surface area contributed by atoms with E-state index in [1.165, 1.54) is 39.3 Å². The summed E-state index contributed by atoms with van der Waals surface area (Å²) >= 11 is 1.48. The van der Waals surface area contributed by atoms with E-state index in [4.69, 9.17) is 4.74 Å². The zero-order valence-electron chi connectivity index (χ0n) is 14.6. The molecule has 1 aliphatic rings. The second-order valence-corrected chi connectivity index (χ2v) is 7.06. The SMILES string of the molecule is COCCc1nsc(N2CC=C(c3c(C)[nH]c4ccccc34)CC2)n1. The number of hydrogen-bond acceptors (Lipinski definition) is 5. The van der Waals surface area contributed by atoms with Gasteiger partial charge >= 0.3 is 0 Å². The summed E-state index contributed by atoms with van der Waals surface area (Å²) in [6, 6.07) is 8.53. The van der Waals surface area contributed by atoms with E-state index in [1.54, 1.807) is 7.11 Å². The summed E-state index contributed by atoms with van der Waals surface area (Å²) in [6.45, 7) is 4.69. The number of aryl methyl sites for hydroxylation is 1. The quantitative estimate of drug-likeness (QED) is 0.757. The van der Waals surface area contributed by atoms with Gasteiger partial charge in [-0.3, -0.25) is 0 Å². The van der Waals surface area contributed by atoms with Gasteiger partial charge in [-0.15, -0.1) is 0 Å². The molecule has 0 bridgehead atoms. The van der Waals surface area contributed by atoms with Crippen LogP contribution in [0.4, 0.5) is 5.13 Å². The molecular weight excluding hydrogens is 332 g/mol. The summed E-state index contributed by atoms with van der Waals surface area (Å²) in [4.78, 5) is 10.5. The number of rotatable bonds is 5. The molecule has 0 amide bonds. The van der Waals surface area contributed by atoms with Crippen molar-refractivity contribution < 1.29 is 4.74 Å². The zero-order valence-corrected chi connectivity index (χ0v) is 15.4. The van der Waals surface area contributed by atoms with Gasteiger partial charge in [0, 0.05) is 60.3 Å². The van der Waals surface area contributed by atoms with Gasteiger partial charge in [0.1, 0.15) is 5.82 Å². The fraction of sp³-hybridized carbons (Fsp3) is 0.368. The Morgan fingerprint density at radius 2 is 2.20 bits per heavy atom. The van der Waals surface area contributed by atoms with E-state index in [0.717, 1.165) is 36.9 Å². The maximum absolute atomic E-state index is 5.10.